The van der Waals surface area contributed by atoms with Gasteiger partial charge >= 0.3 is 6.03 Å². The van der Waals surface area contributed by atoms with Crippen LogP contribution in [0.1, 0.15) is 33.3 Å². The minimum Gasteiger partial charge on any atom is -0.489 e. The summed E-state index contributed by atoms with van der Waals surface area (Å²) in [6.45, 7) is 9.41. The Balaban J connectivity index is 2.06. The van der Waals surface area contributed by atoms with E-state index in [2.05, 4.69) is 11.4 Å². The van der Waals surface area contributed by atoms with Gasteiger partial charge in [0, 0.05) is 26.2 Å². The summed E-state index contributed by atoms with van der Waals surface area (Å²) in [4.78, 5) is 27.9. The van der Waals surface area contributed by atoms with Crippen LogP contribution in [0, 0.1) is 11.3 Å². The van der Waals surface area contributed by atoms with Crippen molar-refractivity contribution in [3.05, 3.63) is 23.8 Å². The number of benzene rings is 1. The largest absolute Gasteiger partial charge is 0.489 e. The number of primary amides is 1. The van der Waals surface area contributed by atoms with Crippen LogP contribution in [0.15, 0.2) is 18.2 Å². The van der Waals surface area contributed by atoms with Gasteiger partial charge in [-0.3, -0.25) is 9.69 Å². The maximum absolute atomic E-state index is 12.7. The molecule has 3 amide bonds. The Morgan fingerprint density at radius 2 is 1.89 bits per heavy atom. The second kappa shape index (κ2) is 8.27. The minimum absolute atomic E-state index is 0.0619. The molecule has 2 rings (SSSR count). The molecular formula is C19H27N5O3. The summed E-state index contributed by atoms with van der Waals surface area (Å²) >= 11 is 0. The number of nitrogens with zero attached hydrogens (tertiary/aromatic N) is 3. The van der Waals surface area contributed by atoms with Crippen molar-refractivity contribution < 1.29 is 14.3 Å². The van der Waals surface area contributed by atoms with Crippen molar-refractivity contribution >= 4 is 17.6 Å². The van der Waals surface area contributed by atoms with Crippen molar-refractivity contribution in [2.24, 2.45) is 5.73 Å². The number of rotatable bonds is 5. The molecule has 1 fully saturated rings. The highest BCUT2D eigenvalue weighted by Crippen LogP contribution is 2.27. The number of carbonyl (C=O) groups is 2. The van der Waals surface area contributed by atoms with Gasteiger partial charge in [0.25, 0.3) is 0 Å². The maximum atomic E-state index is 12.7. The molecule has 3 N–H and O–H groups in total. The van der Waals surface area contributed by atoms with Gasteiger partial charge in [-0.05, 0) is 45.9 Å². The predicted molar refractivity (Wildman–Crippen MR) is 102 cm³/mol. The van der Waals surface area contributed by atoms with Crippen LogP contribution < -0.4 is 15.8 Å². The smallest absolute Gasteiger partial charge is 0.322 e. The van der Waals surface area contributed by atoms with Gasteiger partial charge in [-0.25, -0.2) is 4.79 Å². The van der Waals surface area contributed by atoms with Gasteiger partial charge in [0.15, 0.2) is 0 Å². The Hall–Kier alpha value is -2.79. The number of carbonyl (C=O) groups excluding carboxylic acids is 2. The molecule has 27 heavy (non-hydrogen) atoms. The standard InChI is InChI=1S/C19H27N5O3/c1-13(2)27-16-6-5-14(12-20)11-15(16)22-18(26)23-7-9-24(10-8-23)19(3,4)17(21)25/h5-6,11,13H,7-10H2,1-4H3,(H2,21,25)(H,22,26). The normalized spacial score (nSPS) is 15.3. The molecule has 146 valence electrons. The lowest BCUT2D eigenvalue weighted by Crippen LogP contribution is -2.60. The van der Waals surface area contributed by atoms with Gasteiger partial charge in [0.2, 0.25) is 5.91 Å². The average Bonchev–Trinajstić information content (AvgIpc) is 2.62. The molecule has 0 unspecified atom stereocenters. The highest BCUT2D eigenvalue weighted by molar-refractivity contribution is 5.91. The summed E-state index contributed by atoms with van der Waals surface area (Å²) in [6.07, 6.45) is -0.0619. The van der Waals surface area contributed by atoms with Crippen LogP contribution in [0.4, 0.5) is 10.5 Å². The molecule has 1 aliphatic rings. The molecular weight excluding hydrogens is 346 g/mol. The molecule has 0 aliphatic carbocycles. The Bertz CT molecular complexity index is 746. The van der Waals surface area contributed by atoms with Crippen molar-refractivity contribution in [2.45, 2.75) is 39.3 Å². The molecule has 1 aliphatic heterocycles. The molecule has 1 aromatic rings. The van der Waals surface area contributed by atoms with Gasteiger partial charge < -0.3 is 20.7 Å². The first-order valence-corrected chi connectivity index (χ1v) is 8.97. The zero-order chi connectivity index (χ0) is 20.2. The minimum atomic E-state index is -0.748. The molecule has 0 aromatic heterocycles. The van der Waals surface area contributed by atoms with E-state index in [4.69, 9.17) is 15.7 Å². The zero-order valence-electron chi connectivity index (χ0n) is 16.3. The number of piperazine rings is 1. The van der Waals surface area contributed by atoms with E-state index in [-0.39, 0.29) is 18.0 Å². The second-order valence-corrected chi connectivity index (χ2v) is 7.32. The predicted octanol–water partition coefficient (Wildman–Crippen LogP) is 1.76. The summed E-state index contributed by atoms with van der Waals surface area (Å²) < 4.78 is 5.72. The summed E-state index contributed by atoms with van der Waals surface area (Å²) in [7, 11) is 0. The number of nitriles is 1. The highest BCUT2D eigenvalue weighted by Gasteiger charge is 2.35. The van der Waals surface area contributed by atoms with Crippen LogP contribution in [0.2, 0.25) is 0 Å². The fraction of sp³-hybridized carbons (Fsp3) is 0.526. The van der Waals surface area contributed by atoms with Crippen LogP contribution in [-0.4, -0.2) is 59.6 Å². The fourth-order valence-electron chi connectivity index (χ4n) is 2.87. The third kappa shape index (κ3) is 4.89. The SMILES string of the molecule is CC(C)Oc1ccc(C#N)cc1NC(=O)N1CCN(C(C)(C)C(N)=O)CC1. The third-order valence-electron chi connectivity index (χ3n) is 4.67. The Labute approximate surface area is 159 Å². The molecule has 0 saturated carbocycles. The van der Waals surface area contributed by atoms with Crippen molar-refractivity contribution in [3.63, 3.8) is 0 Å². The highest BCUT2D eigenvalue weighted by atomic mass is 16.5. The number of hydrogen-bond acceptors (Lipinski definition) is 5. The number of hydrogen-bond donors (Lipinski definition) is 2. The summed E-state index contributed by atoms with van der Waals surface area (Å²) in [5.74, 6) is 0.134. The van der Waals surface area contributed by atoms with Crippen LogP contribution in [-0.2, 0) is 4.79 Å². The molecule has 8 nitrogen and oxygen atoms in total. The van der Waals surface area contributed by atoms with Crippen molar-refractivity contribution in [1.29, 1.82) is 5.26 Å². The summed E-state index contributed by atoms with van der Waals surface area (Å²) in [5.41, 5.74) is 5.62. The van der Waals surface area contributed by atoms with E-state index in [0.717, 1.165) is 0 Å². The lowest BCUT2D eigenvalue weighted by Gasteiger charge is -2.42. The Morgan fingerprint density at radius 3 is 2.41 bits per heavy atom. The number of ether oxygens (including phenoxy) is 1. The van der Waals surface area contributed by atoms with E-state index in [0.29, 0.717) is 43.2 Å². The van der Waals surface area contributed by atoms with E-state index in [1.54, 1.807) is 36.9 Å². The fourth-order valence-corrected chi connectivity index (χ4v) is 2.87. The van der Waals surface area contributed by atoms with Gasteiger partial charge in [-0.1, -0.05) is 0 Å². The second-order valence-electron chi connectivity index (χ2n) is 7.32. The number of amides is 3. The number of nitrogens with two attached hydrogens (primary N) is 1. The van der Waals surface area contributed by atoms with Gasteiger partial charge in [-0.15, -0.1) is 0 Å². The van der Waals surface area contributed by atoms with Gasteiger partial charge in [-0.2, -0.15) is 5.26 Å². The average molecular weight is 373 g/mol. The number of nitrogens with one attached hydrogen (secondary N) is 1. The lowest BCUT2D eigenvalue weighted by molar-refractivity contribution is -0.129. The summed E-state index contributed by atoms with van der Waals surface area (Å²) in [5, 5.41) is 11.9. The van der Waals surface area contributed by atoms with Crippen LogP contribution in [0.3, 0.4) is 0 Å². The monoisotopic (exact) mass is 373 g/mol. The molecule has 0 spiro atoms. The van der Waals surface area contributed by atoms with Crippen molar-refractivity contribution in [1.82, 2.24) is 9.80 Å². The molecule has 1 saturated heterocycles. The van der Waals surface area contributed by atoms with E-state index < -0.39 is 5.54 Å². The molecule has 0 bridgehead atoms. The first kappa shape index (κ1) is 20.5. The first-order chi connectivity index (χ1) is 12.6. The molecule has 1 heterocycles. The lowest BCUT2D eigenvalue weighted by atomic mass is 10.0. The van der Waals surface area contributed by atoms with E-state index in [1.807, 2.05) is 18.7 Å². The van der Waals surface area contributed by atoms with Crippen LogP contribution >= 0.6 is 0 Å². The molecule has 8 heteroatoms. The Kier molecular flexibility index (Phi) is 6.28. The molecule has 0 atom stereocenters. The van der Waals surface area contributed by atoms with Gasteiger partial charge in [0.05, 0.1) is 29.0 Å². The van der Waals surface area contributed by atoms with Gasteiger partial charge in [0.1, 0.15) is 5.75 Å². The molecule has 1 aromatic carbocycles. The van der Waals surface area contributed by atoms with Crippen LogP contribution in [0.5, 0.6) is 5.75 Å². The van der Waals surface area contributed by atoms with Crippen LogP contribution in [0.25, 0.3) is 0 Å². The number of anilines is 1. The van der Waals surface area contributed by atoms with E-state index >= 15 is 0 Å². The maximum Gasteiger partial charge on any atom is 0.322 e. The topological polar surface area (TPSA) is 112 Å². The zero-order valence-corrected chi connectivity index (χ0v) is 16.3. The third-order valence-corrected chi connectivity index (χ3v) is 4.67. The molecule has 0 radical (unpaired) electrons. The van der Waals surface area contributed by atoms with Crippen molar-refractivity contribution in [3.8, 4) is 11.8 Å². The Morgan fingerprint density at radius 1 is 1.26 bits per heavy atom. The summed E-state index contributed by atoms with van der Waals surface area (Å²) in [6, 6.07) is 6.73. The first-order valence-electron chi connectivity index (χ1n) is 8.97. The van der Waals surface area contributed by atoms with Crippen molar-refractivity contribution in [2.75, 3.05) is 31.5 Å². The van der Waals surface area contributed by atoms with E-state index in [1.165, 1.54) is 0 Å². The quantitative estimate of drug-likeness (QED) is 0.817. The number of urea groups is 1. The van der Waals surface area contributed by atoms with E-state index in [9.17, 15) is 9.59 Å².